The second-order valence-corrected chi connectivity index (χ2v) is 6.01. The van der Waals surface area contributed by atoms with Crippen molar-refractivity contribution in [3.8, 4) is 0 Å². The highest BCUT2D eigenvalue weighted by molar-refractivity contribution is 5.79. The third-order valence-corrected chi connectivity index (χ3v) is 3.89. The van der Waals surface area contributed by atoms with Gasteiger partial charge in [0.25, 0.3) is 0 Å². The van der Waals surface area contributed by atoms with Crippen LogP contribution in [0, 0.1) is 0 Å². The summed E-state index contributed by atoms with van der Waals surface area (Å²) in [6.45, 7) is 0. The molecular weight excluding hydrogens is 556 g/mol. The van der Waals surface area contributed by atoms with Gasteiger partial charge in [0.05, 0.1) is 7.11 Å². The molecule has 0 unspecified atom stereocenters. The quantitative estimate of drug-likeness (QED) is 0.237. The Bertz CT molecular complexity index is 768. The van der Waals surface area contributed by atoms with Crippen molar-refractivity contribution in [3.63, 3.8) is 0 Å². The van der Waals surface area contributed by atoms with Crippen molar-refractivity contribution in [1.29, 1.82) is 0 Å². The lowest BCUT2D eigenvalue weighted by atomic mass is 9.86. The Morgan fingerprint density at radius 1 is 0.500 bits per heavy atom. The molecule has 0 heterocycles. The normalized spacial score (nSPS) is 16.2. The zero-order valence-corrected chi connectivity index (χ0v) is 15.0. The molecule has 22 heteroatoms. The molecule has 0 saturated heterocycles. The van der Waals surface area contributed by atoms with Crippen LogP contribution in [-0.4, -0.2) is 72.8 Å². The molecule has 2 nitrogen and oxygen atoms in total. The monoisotopic (exact) mass is 560 g/mol. The Labute approximate surface area is 171 Å². The maximum atomic E-state index is 13.4. The molecule has 0 aromatic carbocycles. The van der Waals surface area contributed by atoms with Crippen molar-refractivity contribution in [2.24, 2.45) is 0 Å². The van der Waals surface area contributed by atoms with Gasteiger partial charge in [-0.05, 0) is 0 Å². The van der Waals surface area contributed by atoms with Crippen LogP contribution in [0.5, 0.6) is 0 Å². The Morgan fingerprint density at radius 3 is 0.971 bits per heavy atom. The van der Waals surface area contributed by atoms with Gasteiger partial charge in [-0.1, -0.05) is 0 Å². The number of hydrogen-bond acceptors (Lipinski definition) is 2. The van der Waals surface area contributed by atoms with E-state index in [1.54, 1.807) is 0 Å². The molecular formula is C12H4F20O2. The second-order valence-electron chi connectivity index (χ2n) is 6.01. The van der Waals surface area contributed by atoms with Crippen LogP contribution in [0.25, 0.3) is 0 Å². The largest absolute Gasteiger partial charge is 0.464 e. The molecule has 0 rings (SSSR count). The fourth-order valence-electron chi connectivity index (χ4n) is 1.79. The van der Waals surface area contributed by atoms with Gasteiger partial charge in [0.1, 0.15) is 0 Å². The smallest absolute Gasteiger partial charge is 0.410 e. The molecule has 0 aromatic heterocycles. The average molecular weight is 560 g/mol. The SMILES string of the molecule is COC(=O)C(F)(F)C(F)(F)C(F)(F)C(F)(F)C(F)(F)C(F)(F)C(F)(F)C(F)(F)C(F)(F)C(F)F. The highest BCUT2D eigenvalue weighted by Gasteiger charge is 2.97. The molecule has 0 amide bonds. The number of hydrogen-bond donors (Lipinski definition) is 0. The number of methoxy groups -OCH3 is 1. The van der Waals surface area contributed by atoms with E-state index in [4.69, 9.17) is 0 Å². The van der Waals surface area contributed by atoms with Gasteiger partial charge in [-0.25, -0.2) is 13.6 Å². The van der Waals surface area contributed by atoms with Gasteiger partial charge in [-0.2, -0.15) is 79.0 Å². The minimum absolute atomic E-state index is 0.322. The van der Waals surface area contributed by atoms with Crippen molar-refractivity contribution in [1.82, 2.24) is 0 Å². The first-order chi connectivity index (χ1) is 14.4. The number of halogens is 20. The lowest BCUT2D eigenvalue weighted by Gasteiger charge is -2.44. The van der Waals surface area contributed by atoms with Crippen LogP contribution in [0.3, 0.4) is 0 Å². The summed E-state index contributed by atoms with van der Waals surface area (Å²) in [5, 5.41) is 0. The number of esters is 1. The molecule has 0 aliphatic carbocycles. The molecule has 0 bridgehead atoms. The first-order valence-corrected chi connectivity index (χ1v) is 7.19. The minimum Gasteiger partial charge on any atom is -0.464 e. The number of ether oxygens (including phenoxy) is 1. The lowest BCUT2D eigenvalue weighted by Crippen LogP contribution is -2.76. The van der Waals surface area contributed by atoms with Crippen molar-refractivity contribution in [3.05, 3.63) is 0 Å². The van der Waals surface area contributed by atoms with Crippen molar-refractivity contribution < 1.29 is 97.3 Å². The van der Waals surface area contributed by atoms with Gasteiger partial charge in [0.2, 0.25) is 0 Å². The summed E-state index contributed by atoms with van der Waals surface area (Å²) in [6.07, 6.45) is -6.12. The summed E-state index contributed by atoms with van der Waals surface area (Å²) in [5.74, 6) is -80.5. The molecule has 0 spiro atoms. The number of carbonyl (C=O) groups excluding carboxylic acids is 1. The summed E-state index contributed by atoms with van der Waals surface area (Å²) < 4.78 is 263. The Balaban J connectivity index is 7.04. The third-order valence-electron chi connectivity index (χ3n) is 3.89. The summed E-state index contributed by atoms with van der Waals surface area (Å²) >= 11 is 0. The van der Waals surface area contributed by atoms with Crippen LogP contribution in [-0.2, 0) is 9.53 Å². The van der Waals surface area contributed by atoms with Crippen LogP contribution in [0.15, 0.2) is 0 Å². The molecule has 0 fully saturated rings. The van der Waals surface area contributed by atoms with Crippen molar-refractivity contribution >= 4 is 5.97 Å². The van der Waals surface area contributed by atoms with Crippen LogP contribution >= 0.6 is 0 Å². The molecule has 0 aromatic rings. The standard InChI is InChI=1S/C12H4F20O2/c1-34-3(33)5(17,18)7(21,22)9(25,26)11(29,30)12(31,32)10(27,28)8(23,24)6(19,20)4(15,16)2(13)14/h2H,1H3. The maximum absolute atomic E-state index is 13.4. The van der Waals surface area contributed by atoms with Gasteiger partial charge < -0.3 is 4.74 Å². The van der Waals surface area contributed by atoms with Crippen LogP contribution < -0.4 is 0 Å². The van der Waals surface area contributed by atoms with Gasteiger partial charge in [-0.15, -0.1) is 0 Å². The molecule has 0 aliphatic rings. The Morgan fingerprint density at radius 2 is 0.735 bits per heavy atom. The van der Waals surface area contributed by atoms with E-state index in [1.807, 2.05) is 0 Å². The topological polar surface area (TPSA) is 26.3 Å². The van der Waals surface area contributed by atoms with Gasteiger partial charge >= 0.3 is 65.7 Å². The van der Waals surface area contributed by atoms with E-state index in [2.05, 4.69) is 4.74 Å². The molecule has 204 valence electrons. The zero-order valence-electron chi connectivity index (χ0n) is 15.0. The van der Waals surface area contributed by atoms with Crippen molar-refractivity contribution in [2.45, 2.75) is 59.7 Å². The van der Waals surface area contributed by atoms with E-state index in [-0.39, 0.29) is 7.11 Å². The molecule has 0 radical (unpaired) electrons. The second kappa shape index (κ2) is 8.05. The van der Waals surface area contributed by atoms with Gasteiger partial charge in [0.15, 0.2) is 0 Å². The summed E-state index contributed by atoms with van der Waals surface area (Å²) in [6, 6.07) is 0. The first-order valence-electron chi connectivity index (χ1n) is 7.19. The fourth-order valence-corrected chi connectivity index (χ4v) is 1.79. The summed E-state index contributed by atoms with van der Waals surface area (Å²) in [4.78, 5) is 10.4. The maximum Gasteiger partial charge on any atom is 0.410 e. The van der Waals surface area contributed by atoms with Crippen molar-refractivity contribution in [2.75, 3.05) is 7.11 Å². The minimum atomic E-state index is -9.11. The van der Waals surface area contributed by atoms with Gasteiger partial charge in [-0.3, -0.25) is 0 Å². The molecule has 0 saturated carbocycles. The van der Waals surface area contributed by atoms with Crippen LogP contribution in [0.2, 0.25) is 0 Å². The molecule has 0 atom stereocenters. The van der Waals surface area contributed by atoms with E-state index in [1.165, 1.54) is 0 Å². The predicted molar refractivity (Wildman–Crippen MR) is 62.5 cm³/mol. The summed E-state index contributed by atoms with van der Waals surface area (Å²) in [5.41, 5.74) is 0. The van der Waals surface area contributed by atoms with Crippen LogP contribution in [0.4, 0.5) is 87.8 Å². The Hall–Kier alpha value is -1.93. The predicted octanol–water partition coefficient (Wildman–Crippen LogP) is 6.14. The van der Waals surface area contributed by atoms with E-state index in [0.717, 1.165) is 0 Å². The number of carbonyl (C=O) groups is 1. The fraction of sp³-hybridized carbons (Fsp3) is 0.917. The first kappa shape index (κ1) is 32.1. The van der Waals surface area contributed by atoms with Gasteiger partial charge in [0, 0.05) is 0 Å². The molecule has 0 aliphatic heterocycles. The molecule has 34 heavy (non-hydrogen) atoms. The lowest BCUT2D eigenvalue weighted by molar-refractivity contribution is -0.463. The van der Waals surface area contributed by atoms with E-state index < -0.39 is 65.7 Å². The number of rotatable bonds is 10. The highest BCUT2D eigenvalue weighted by atomic mass is 19.4. The highest BCUT2D eigenvalue weighted by Crippen LogP contribution is 2.65. The van der Waals surface area contributed by atoms with E-state index >= 15 is 0 Å². The summed E-state index contributed by atoms with van der Waals surface area (Å²) in [7, 11) is -0.322. The number of alkyl halides is 20. The average Bonchev–Trinajstić information content (AvgIpc) is 2.65. The van der Waals surface area contributed by atoms with Crippen LogP contribution in [0.1, 0.15) is 0 Å². The molecule has 0 N–H and O–H groups in total. The Kier molecular flexibility index (Phi) is 7.59. The van der Waals surface area contributed by atoms with E-state index in [9.17, 15) is 92.6 Å². The van der Waals surface area contributed by atoms with E-state index in [0.29, 0.717) is 0 Å². The zero-order chi connectivity index (χ0) is 28.4. The third kappa shape index (κ3) is 3.60.